The molecule has 0 spiro atoms. The average Bonchev–Trinajstić information content (AvgIpc) is 2.30. The van der Waals surface area contributed by atoms with E-state index in [1.54, 1.807) is 4.31 Å². The molecule has 17 heavy (non-hydrogen) atoms. The summed E-state index contributed by atoms with van der Waals surface area (Å²) in [6, 6.07) is 0.429. The quantitative estimate of drug-likeness (QED) is 0.786. The highest BCUT2D eigenvalue weighted by Gasteiger charge is 2.34. The van der Waals surface area contributed by atoms with E-state index in [2.05, 4.69) is 12.2 Å². The van der Waals surface area contributed by atoms with Gasteiger partial charge >= 0.3 is 0 Å². The number of nitrogens with one attached hydrogen (secondary N) is 1. The van der Waals surface area contributed by atoms with Crippen molar-refractivity contribution in [2.24, 2.45) is 5.92 Å². The van der Waals surface area contributed by atoms with Gasteiger partial charge in [0.1, 0.15) is 0 Å². The normalized spacial score (nSPS) is 27.6. The fourth-order valence-electron chi connectivity index (χ4n) is 2.46. The SMILES string of the molecule is CCN(CC)S(=O)(=O)N1CCC(NC)C(C)C1. The van der Waals surface area contributed by atoms with Gasteiger partial charge in [-0.25, -0.2) is 0 Å². The van der Waals surface area contributed by atoms with Crippen LogP contribution in [0.4, 0.5) is 0 Å². The van der Waals surface area contributed by atoms with Gasteiger partial charge in [0.15, 0.2) is 0 Å². The Morgan fingerprint density at radius 1 is 1.35 bits per heavy atom. The van der Waals surface area contributed by atoms with Gasteiger partial charge in [0.2, 0.25) is 0 Å². The highest BCUT2D eigenvalue weighted by Crippen LogP contribution is 2.20. The van der Waals surface area contributed by atoms with Crippen LogP contribution in [0.3, 0.4) is 0 Å². The standard InChI is InChI=1S/C11H25N3O2S/c1-5-13(6-2)17(15,16)14-8-7-11(12-4)10(3)9-14/h10-12H,5-9H2,1-4H3. The van der Waals surface area contributed by atoms with E-state index in [9.17, 15) is 8.42 Å². The van der Waals surface area contributed by atoms with E-state index in [4.69, 9.17) is 0 Å². The van der Waals surface area contributed by atoms with Crippen LogP contribution in [0.1, 0.15) is 27.2 Å². The molecule has 1 heterocycles. The molecule has 102 valence electrons. The van der Waals surface area contributed by atoms with E-state index < -0.39 is 10.2 Å². The Hall–Kier alpha value is -0.170. The van der Waals surface area contributed by atoms with Gasteiger partial charge in [0.05, 0.1) is 0 Å². The molecule has 0 radical (unpaired) electrons. The van der Waals surface area contributed by atoms with E-state index in [0.29, 0.717) is 38.1 Å². The molecule has 1 aliphatic heterocycles. The van der Waals surface area contributed by atoms with Crippen LogP contribution in [-0.4, -0.2) is 56.3 Å². The van der Waals surface area contributed by atoms with Gasteiger partial charge in [0.25, 0.3) is 10.2 Å². The minimum atomic E-state index is -3.25. The molecule has 2 unspecified atom stereocenters. The van der Waals surface area contributed by atoms with Crippen LogP contribution in [-0.2, 0) is 10.2 Å². The summed E-state index contributed by atoms with van der Waals surface area (Å²) < 4.78 is 27.8. The molecule has 1 rings (SSSR count). The number of hydrogen-bond acceptors (Lipinski definition) is 3. The molecule has 1 aliphatic rings. The Morgan fingerprint density at radius 2 is 1.94 bits per heavy atom. The van der Waals surface area contributed by atoms with Crippen LogP contribution >= 0.6 is 0 Å². The molecule has 2 atom stereocenters. The van der Waals surface area contributed by atoms with E-state index in [1.165, 1.54) is 4.31 Å². The van der Waals surface area contributed by atoms with Gasteiger partial charge in [-0.1, -0.05) is 20.8 Å². The largest absolute Gasteiger partial charge is 0.317 e. The van der Waals surface area contributed by atoms with E-state index in [0.717, 1.165) is 6.42 Å². The molecule has 1 N–H and O–H groups in total. The summed E-state index contributed by atoms with van der Waals surface area (Å²) in [6.07, 6.45) is 0.887. The predicted octanol–water partition coefficient (Wildman–Crippen LogP) is 0.503. The molecule has 5 nitrogen and oxygen atoms in total. The highest BCUT2D eigenvalue weighted by atomic mass is 32.2. The van der Waals surface area contributed by atoms with Crippen LogP contribution in [0, 0.1) is 5.92 Å². The van der Waals surface area contributed by atoms with Crippen molar-refractivity contribution in [1.82, 2.24) is 13.9 Å². The molecular formula is C11H25N3O2S. The summed E-state index contributed by atoms with van der Waals surface area (Å²) in [6.45, 7) is 8.18. The molecule has 0 aliphatic carbocycles. The first-order valence-corrected chi connectivity index (χ1v) is 7.79. The molecule has 6 heteroatoms. The van der Waals surface area contributed by atoms with Crippen LogP contribution in [0.5, 0.6) is 0 Å². The molecule has 0 amide bonds. The molecule has 1 fully saturated rings. The van der Waals surface area contributed by atoms with Crippen molar-refractivity contribution >= 4 is 10.2 Å². The van der Waals surface area contributed by atoms with Gasteiger partial charge in [-0.2, -0.15) is 17.0 Å². The van der Waals surface area contributed by atoms with Crippen LogP contribution in [0.15, 0.2) is 0 Å². The first-order valence-electron chi connectivity index (χ1n) is 6.39. The van der Waals surface area contributed by atoms with Crippen molar-refractivity contribution in [2.45, 2.75) is 33.2 Å². The molecule has 0 saturated carbocycles. The summed E-state index contributed by atoms with van der Waals surface area (Å²) in [5.41, 5.74) is 0. The average molecular weight is 263 g/mol. The topological polar surface area (TPSA) is 52.7 Å². The second kappa shape index (κ2) is 6.13. The molecule has 0 aromatic heterocycles. The number of rotatable bonds is 5. The Labute approximate surface area is 105 Å². The monoisotopic (exact) mass is 263 g/mol. The lowest BCUT2D eigenvalue weighted by Gasteiger charge is -2.38. The van der Waals surface area contributed by atoms with Crippen LogP contribution < -0.4 is 5.32 Å². The number of nitrogens with zero attached hydrogens (tertiary/aromatic N) is 2. The van der Waals surface area contributed by atoms with Gasteiger partial charge in [0, 0.05) is 32.2 Å². The fraction of sp³-hybridized carbons (Fsp3) is 1.00. The van der Waals surface area contributed by atoms with Gasteiger partial charge < -0.3 is 5.32 Å². The Morgan fingerprint density at radius 3 is 2.35 bits per heavy atom. The summed E-state index contributed by atoms with van der Waals surface area (Å²) in [5.74, 6) is 0.360. The first-order chi connectivity index (χ1) is 7.97. The van der Waals surface area contributed by atoms with Crippen molar-refractivity contribution in [3.63, 3.8) is 0 Å². The minimum absolute atomic E-state index is 0.360. The second-order valence-electron chi connectivity index (χ2n) is 4.61. The van der Waals surface area contributed by atoms with Crippen molar-refractivity contribution in [3.8, 4) is 0 Å². The molecule has 0 bridgehead atoms. The van der Waals surface area contributed by atoms with E-state index in [1.807, 2.05) is 20.9 Å². The lowest BCUT2D eigenvalue weighted by Crippen LogP contribution is -2.53. The van der Waals surface area contributed by atoms with Crippen molar-refractivity contribution < 1.29 is 8.42 Å². The van der Waals surface area contributed by atoms with Crippen molar-refractivity contribution in [1.29, 1.82) is 0 Å². The minimum Gasteiger partial charge on any atom is -0.317 e. The van der Waals surface area contributed by atoms with E-state index >= 15 is 0 Å². The third-order valence-corrected chi connectivity index (χ3v) is 5.75. The highest BCUT2D eigenvalue weighted by molar-refractivity contribution is 7.86. The smallest absolute Gasteiger partial charge is 0.281 e. The summed E-state index contributed by atoms with van der Waals surface area (Å²) >= 11 is 0. The van der Waals surface area contributed by atoms with E-state index in [-0.39, 0.29) is 0 Å². The zero-order valence-electron chi connectivity index (χ0n) is 11.3. The van der Waals surface area contributed by atoms with Crippen molar-refractivity contribution in [3.05, 3.63) is 0 Å². The number of piperidine rings is 1. The first kappa shape index (κ1) is 14.9. The maximum atomic E-state index is 12.3. The molecule has 0 aromatic rings. The predicted molar refractivity (Wildman–Crippen MR) is 70.0 cm³/mol. The zero-order valence-corrected chi connectivity index (χ0v) is 12.1. The summed E-state index contributed by atoms with van der Waals surface area (Å²) in [4.78, 5) is 0. The van der Waals surface area contributed by atoms with Gasteiger partial charge in [-0.3, -0.25) is 0 Å². The molecular weight excluding hydrogens is 238 g/mol. The summed E-state index contributed by atoms with van der Waals surface area (Å²) in [5, 5.41) is 3.25. The van der Waals surface area contributed by atoms with Gasteiger partial charge in [-0.15, -0.1) is 0 Å². The molecule has 0 aromatic carbocycles. The maximum Gasteiger partial charge on any atom is 0.281 e. The maximum absolute atomic E-state index is 12.3. The zero-order chi connectivity index (χ0) is 13.1. The third kappa shape index (κ3) is 3.19. The molecule has 1 saturated heterocycles. The van der Waals surface area contributed by atoms with Crippen molar-refractivity contribution in [2.75, 3.05) is 33.2 Å². The second-order valence-corrected chi connectivity index (χ2v) is 6.54. The third-order valence-electron chi connectivity index (χ3n) is 3.60. The van der Waals surface area contributed by atoms with Crippen LogP contribution in [0.2, 0.25) is 0 Å². The van der Waals surface area contributed by atoms with Crippen LogP contribution in [0.25, 0.3) is 0 Å². The lowest BCUT2D eigenvalue weighted by molar-refractivity contribution is 0.216. The van der Waals surface area contributed by atoms with Gasteiger partial charge in [-0.05, 0) is 19.4 Å². The Balaban J connectivity index is 2.75. The Kier molecular flexibility index (Phi) is 5.37. The fourth-order valence-corrected chi connectivity index (χ4v) is 4.20. The lowest BCUT2D eigenvalue weighted by atomic mass is 9.96. The number of hydrogen-bond donors (Lipinski definition) is 1. The summed E-state index contributed by atoms with van der Waals surface area (Å²) in [7, 11) is -1.31. The Bertz CT molecular complexity index is 328.